The molecule has 0 aromatic carbocycles. The van der Waals surface area contributed by atoms with Crippen LogP contribution in [0.25, 0.3) is 0 Å². The standard InChI is InChI=1S/C6H8F2N4O/c7-4(8)2-12-1-3(9)5(11-12)6(10)13/h1,4H,2,9H2,(H2,10,13). The van der Waals surface area contributed by atoms with Crippen LogP contribution < -0.4 is 11.5 Å². The average Bonchev–Trinajstić information content (AvgIpc) is 2.29. The summed E-state index contributed by atoms with van der Waals surface area (Å²) in [5.41, 5.74) is 9.99. The Balaban J connectivity index is 2.89. The summed E-state index contributed by atoms with van der Waals surface area (Å²) in [7, 11) is 0. The second-order valence-corrected chi connectivity index (χ2v) is 2.41. The molecule has 1 aromatic rings. The molecule has 4 N–H and O–H groups in total. The highest BCUT2D eigenvalue weighted by molar-refractivity contribution is 5.95. The number of nitrogens with zero attached hydrogens (tertiary/aromatic N) is 2. The molecule has 0 unspecified atom stereocenters. The van der Waals surface area contributed by atoms with Crippen molar-refractivity contribution < 1.29 is 13.6 Å². The van der Waals surface area contributed by atoms with E-state index in [4.69, 9.17) is 11.5 Å². The van der Waals surface area contributed by atoms with Crippen LogP contribution in [0.4, 0.5) is 14.5 Å². The second-order valence-electron chi connectivity index (χ2n) is 2.41. The monoisotopic (exact) mass is 190 g/mol. The van der Waals surface area contributed by atoms with Gasteiger partial charge in [0.15, 0.2) is 5.69 Å². The van der Waals surface area contributed by atoms with Crippen LogP contribution >= 0.6 is 0 Å². The number of anilines is 1. The fourth-order valence-corrected chi connectivity index (χ4v) is 0.863. The maximum Gasteiger partial charge on any atom is 0.271 e. The molecule has 0 fully saturated rings. The molecular formula is C6H8F2N4O. The number of carbonyl (C=O) groups is 1. The van der Waals surface area contributed by atoms with Crippen molar-refractivity contribution in [3.05, 3.63) is 11.9 Å². The zero-order valence-electron chi connectivity index (χ0n) is 6.58. The third-order valence-electron chi connectivity index (χ3n) is 1.35. The van der Waals surface area contributed by atoms with Gasteiger partial charge in [-0.15, -0.1) is 0 Å². The van der Waals surface area contributed by atoms with Crippen LogP contribution in [-0.2, 0) is 6.54 Å². The number of hydrogen-bond donors (Lipinski definition) is 2. The molecule has 13 heavy (non-hydrogen) atoms. The Morgan fingerprint density at radius 2 is 2.31 bits per heavy atom. The molecule has 0 radical (unpaired) electrons. The quantitative estimate of drug-likeness (QED) is 0.693. The van der Waals surface area contributed by atoms with E-state index in [2.05, 4.69) is 5.10 Å². The van der Waals surface area contributed by atoms with Gasteiger partial charge in [0.05, 0.1) is 5.69 Å². The van der Waals surface area contributed by atoms with Gasteiger partial charge in [-0.25, -0.2) is 8.78 Å². The Morgan fingerprint density at radius 1 is 1.69 bits per heavy atom. The Bertz CT molecular complexity index is 322. The number of aromatic nitrogens is 2. The maximum atomic E-state index is 11.8. The van der Waals surface area contributed by atoms with Gasteiger partial charge in [0.2, 0.25) is 0 Å². The van der Waals surface area contributed by atoms with Crippen molar-refractivity contribution >= 4 is 11.6 Å². The largest absolute Gasteiger partial charge is 0.396 e. The summed E-state index contributed by atoms with van der Waals surface area (Å²) in [6.07, 6.45) is -1.40. The Morgan fingerprint density at radius 3 is 2.69 bits per heavy atom. The molecule has 0 atom stereocenters. The summed E-state index contributed by atoms with van der Waals surface area (Å²) in [4.78, 5) is 10.6. The van der Waals surface area contributed by atoms with Crippen molar-refractivity contribution in [3.8, 4) is 0 Å². The van der Waals surface area contributed by atoms with E-state index in [0.29, 0.717) is 0 Å². The lowest BCUT2D eigenvalue weighted by atomic mass is 10.4. The van der Waals surface area contributed by atoms with E-state index in [-0.39, 0.29) is 11.4 Å². The molecule has 5 nitrogen and oxygen atoms in total. The van der Waals surface area contributed by atoms with E-state index in [9.17, 15) is 13.6 Å². The molecule has 0 spiro atoms. The van der Waals surface area contributed by atoms with Crippen molar-refractivity contribution in [1.29, 1.82) is 0 Å². The molecule has 0 aliphatic heterocycles. The Hall–Kier alpha value is -1.66. The van der Waals surface area contributed by atoms with Gasteiger partial charge in [-0.1, -0.05) is 0 Å². The first kappa shape index (κ1) is 9.43. The van der Waals surface area contributed by atoms with Crippen molar-refractivity contribution in [2.24, 2.45) is 5.73 Å². The minimum atomic E-state index is -2.54. The second kappa shape index (κ2) is 3.38. The van der Waals surface area contributed by atoms with Crippen LogP contribution in [0.15, 0.2) is 6.20 Å². The van der Waals surface area contributed by atoms with E-state index < -0.39 is 18.9 Å². The lowest BCUT2D eigenvalue weighted by molar-refractivity contribution is 0.0989. The van der Waals surface area contributed by atoms with E-state index in [1.165, 1.54) is 0 Å². The summed E-state index contributed by atoms with van der Waals surface area (Å²) in [6.45, 7) is -0.600. The van der Waals surface area contributed by atoms with E-state index in [0.717, 1.165) is 10.9 Å². The van der Waals surface area contributed by atoms with Gasteiger partial charge in [0.1, 0.15) is 6.54 Å². The highest BCUT2D eigenvalue weighted by atomic mass is 19.3. The number of carbonyl (C=O) groups excluding carboxylic acids is 1. The summed E-state index contributed by atoms with van der Waals surface area (Å²) in [5.74, 6) is -0.828. The number of nitrogen functional groups attached to an aromatic ring is 1. The van der Waals surface area contributed by atoms with Crippen molar-refractivity contribution in [3.63, 3.8) is 0 Å². The molecule has 72 valence electrons. The molecule has 0 bridgehead atoms. The third-order valence-corrected chi connectivity index (χ3v) is 1.35. The highest BCUT2D eigenvalue weighted by Gasteiger charge is 2.13. The van der Waals surface area contributed by atoms with Crippen LogP contribution in [0.3, 0.4) is 0 Å². The maximum absolute atomic E-state index is 11.8. The van der Waals surface area contributed by atoms with Crippen molar-refractivity contribution in [2.45, 2.75) is 13.0 Å². The SMILES string of the molecule is NC(=O)c1nn(CC(F)F)cc1N. The lowest BCUT2D eigenvalue weighted by Gasteiger charge is -1.97. The molecule has 0 saturated heterocycles. The van der Waals surface area contributed by atoms with Gasteiger partial charge in [0, 0.05) is 6.20 Å². The highest BCUT2D eigenvalue weighted by Crippen LogP contribution is 2.09. The molecule has 0 aliphatic carbocycles. The molecule has 0 saturated carbocycles. The summed E-state index contributed by atoms with van der Waals surface area (Å²) >= 11 is 0. The molecule has 1 amide bonds. The van der Waals surface area contributed by atoms with E-state index >= 15 is 0 Å². The minimum Gasteiger partial charge on any atom is -0.396 e. The van der Waals surface area contributed by atoms with Crippen molar-refractivity contribution in [2.75, 3.05) is 5.73 Å². The summed E-state index contributed by atoms with van der Waals surface area (Å²) in [6, 6.07) is 0. The van der Waals surface area contributed by atoms with Crippen LogP contribution in [0.2, 0.25) is 0 Å². The Kier molecular flexibility index (Phi) is 2.45. The first-order chi connectivity index (χ1) is 6.00. The molecule has 7 heteroatoms. The van der Waals surface area contributed by atoms with Crippen LogP contribution in [0, 0.1) is 0 Å². The molecule has 1 aromatic heterocycles. The smallest absolute Gasteiger partial charge is 0.271 e. The van der Waals surface area contributed by atoms with Crippen molar-refractivity contribution in [1.82, 2.24) is 9.78 Å². The van der Waals surface area contributed by atoms with Crippen LogP contribution in [0.5, 0.6) is 0 Å². The minimum absolute atomic E-state index is 0.00755. The predicted molar refractivity (Wildman–Crippen MR) is 41.2 cm³/mol. The number of rotatable bonds is 3. The molecular weight excluding hydrogens is 182 g/mol. The number of nitrogens with two attached hydrogens (primary N) is 2. The zero-order chi connectivity index (χ0) is 10.0. The van der Waals surface area contributed by atoms with Gasteiger partial charge in [-0.05, 0) is 0 Å². The lowest BCUT2D eigenvalue weighted by Crippen LogP contribution is -2.15. The number of alkyl halides is 2. The van der Waals surface area contributed by atoms with Gasteiger partial charge >= 0.3 is 0 Å². The predicted octanol–water partition coefficient (Wildman–Crippen LogP) is -0.171. The van der Waals surface area contributed by atoms with E-state index in [1.54, 1.807) is 0 Å². The third kappa shape index (κ3) is 2.14. The number of hydrogen-bond acceptors (Lipinski definition) is 3. The summed E-state index contributed by atoms with van der Waals surface area (Å²) < 4.78 is 24.6. The zero-order valence-corrected chi connectivity index (χ0v) is 6.58. The topological polar surface area (TPSA) is 86.9 Å². The van der Waals surface area contributed by atoms with Gasteiger partial charge < -0.3 is 11.5 Å². The van der Waals surface area contributed by atoms with Gasteiger partial charge in [-0.3, -0.25) is 9.48 Å². The normalized spacial score (nSPS) is 10.7. The fourth-order valence-electron chi connectivity index (χ4n) is 0.863. The van der Waals surface area contributed by atoms with Gasteiger partial charge in [-0.2, -0.15) is 5.10 Å². The number of amides is 1. The molecule has 1 rings (SSSR count). The van der Waals surface area contributed by atoms with Crippen LogP contribution in [0.1, 0.15) is 10.5 Å². The fraction of sp³-hybridized carbons (Fsp3) is 0.333. The number of primary amides is 1. The van der Waals surface area contributed by atoms with E-state index in [1.807, 2.05) is 0 Å². The molecule has 0 aliphatic rings. The van der Waals surface area contributed by atoms with Crippen LogP contribution in [-0.4, -0.2) is 22.1 Å². The number of halogens is 2. The van der Waals surface area contributed by atoms with Gasteiger partial charge in [0.25, 0.3) is 12.3 Å². The Labute approximate surface area is 72.3 Å². The summed E-state index contributed by atoms with van der Waals surface area (Å²) in [5, 5.41) is 3.49. The average molecular weight is 190 g/mol. The first-order valence-corrected chi connectivity index (χ1v) is 3.41. The molecule has 1 heterocycles. The first-order valence-electron chi connectivity index (χ1n) is 3.41.